The highest BCUT2D eigenvalue weighted by Gasteiger charge is 2.28. The first-order valence-corrected chi connectivity index (χ1v) is 10.7. The molecule has 1 unspecified atom stereocenters. The molecule has 0 saturated carbocycles. The summed E-state index contributed by atoms with van der Waals surface area (Å²) >= 11 is 6.06. The predicted molar refractivity (Wildman–Crippen MR) is 118 cm³/mol. The molecule has 2 aromatic carbocycles. The largest absolute Gasteiger partial charge is 0.497 e. The van der Waals surface area contributed by atoms with Crippen molar-refractivity contribution in [2.45, 2.75) is 25.2 Å². The van der Waals surface area contributed by atoms with E-state index in [1.54, 1.807) is 37.6 Å². The van der Waals surface area contributed by atoms with Crippen LogP contribution >= 0.6 is 11.6 Å². The molecule has 1 saturated heterocycles. The second kappa shape index (κ2) is 9.88. The molecule has 2 heterocycles. The van der Waals surface area contributed by atoms with Crippen LogP contribution in [0.15, 0.2) is 59.1 Å². The van der Waals surface area contributed by atoms with E-state index in [1.807, 2.05) is 29.2 Å². The summed E-state index contributed by atoms with van der Waals surface area (Å²) in [5.74, 6) is 2.92. The smallest absolute Gasteiger partial charge is 0.260 e. The highest BCUT2D eigenvalue weighted by molar-refractivity contribution is 6.30. The fourth-order valence-electron chi connectivity index (χ4n) is 3.75. The molecule has 0 aliphatic carbocycles. The van der Waals surface area contributed by atoms with Crippen molar-refractivity contribution in [2.24, 2.45) is 0 Å². The van der Waals surface area contributed by atoms with E-state index < -0.39 is 0 Å². The quantitative estimate of drug-likeness (QED) is 0.532. The Bertz CT molecular complexity index is 1020. The molecule has 0 radical (unpaired) electrons. The van der Waals surface area contributed by atoms with Crippen molar-refractivity contribution in [1.29, 1.82) is 0 Å². The Morgan fingerprint density at radius 1 is 1.23 bits per heavy atom. The summed E-state index contributed by atoms with van der Waals surface area (Å²) in [4.78, 5) is 19.0. The van der Waals surface area contributed by atoms with Gasteiger partial charge in [-0.05, 0) is 54.8 Å². The molecule has 1 aliphatic heterocycles. The van der Waals surface area contributed by atoms with E-state index in [0.29, 0.717) is 29.6 Å². The lowest BCUT2D eigenvalue weighted by Gasteiger charge is -2.31. The van der Waals surface area contributed by atoms with Crippen LogP contribution in [0, 0.1) is 0 Å². The third-order valence-electron chi connectivity index (χ3n) is 5.38. The van der Waals surface area contributed by atoms with Crippen molar-refractivity contribution in [1.82, 2.24) is 9.88 Å². The Balaban J connectivity index is 1.32. The fraction of sp³-hybridized carbons (Fsp3) is 0.333. The zero-order chi connectivity index (χ0) is 21.6. The Kier molecular flexibility index (Phi) is 6.77. The van der Waals surface area contributed by atoms with E-state index in [4.69, 9.17) is 25.5 Å². The molecule has 3 aromatic rings. The van der Waals surface area contributed by atoms with Crippen LogP contribution in [0.4, 0.5) is 0 Å². The van der Waals surface area contributed by atoms with Gasteiger partial charge in [-0.25, -0.2) is 4.98 Å². The first-order chi connectivity index (χ1) is 15.1. The van der Waals surface area contributed by atoms with Gasteiger partial charge in [0.25, 0.3) is 5.91 Å². The van der Waals surface area contributed by atoms with Gasteiger partial charge in [0.05, 0.1) is 19.2 Å². The van der Waals surface area contributed by atoms with Crippen LogP contribution in [0.5, 0.6) is 11.5 Å². The monoisotopic (exact) mass is 440 g/mol. The Hall–Kier alpha value is -2.99. The summed E-state index contributed by atoms with van der Waals surface area (Å²) < 4.78 is 16.8. The molecule has 1 fully saturated rings. The number of hydrogen-bond acceptors (Lipinski definition) is 5. The van der Waals surface area contributed by atoms with Crippen LogP contribution in [-0.2, 0) is 11.2 Å². The van der Waals surface area contributed by atoms with E-state index in [9.17, 15) is 4.79 Å². The van der Waals surface area contributed by atoms with Gasteiger partial charge in [0, 0.05) is 24.5 Å². The van der Waals surface area contributed by atoms with Crippen LogP contribution in [0.2, 0.25) is 5.02 Å². The highest BCUT2D eigenvalue weighted by atomic mass is 35.5. The molecule has 0 spiro atoms. The third kappa shape index (κ3) is 5.58. The van der Waals surface area contributed by atoms with E-state index >= 15 is 0 Å². The molecule has 0 N–H and O–H groups in total. The zero-order valence-electron chi connectivity index (χ0n) is 17.4. The second-order valence-electron chi connectivity index (χ2n) is 7.61. The number of oxazole rings is 1. The first kappa shape index (κ1) is 21.2. The topological polar surface area (TPSA) is 64.8 Å². The van der Waals surface area contributed by atoms with Gasteiger partial charge in [-0.1, -0.05) is 23.7 Å². The Morgan fingerprint density at radius 3 is 2.81 bits per heavy atom. The van der Waals surface area contributed by atoms with E-state index in [0.717, 1.165) is 36.5 Å². The van der Waals surface area contributed by atoms with Crippen LogP contribution < -0.4 is 9.47 Å². The predicted octanol–water partition coefficient (Wildman–Crippen LogP) is 4.71. The van der Waals surface area contributed by atoms with Gasteiger partial charge in [-0.2, -0.15) is 0 Å². The van der Waals surface area contributed by atoms with E-state index in [-0.39, 0.29) is 18.4 Å². The summed E-state index contributed by atoms with van der Waals surface area (Å²) in [6.45, 7) is 1.31. The zero-order valence-corrected chi connectivity index (χ0v) is 18.2. The van der Waals surface area contributed by atoms with Gasteiger partial charge in [0.1, 0.15) is 17.3 Å². The van der Waals surface area contributed by atoms with Gasteiger partial charge < -0.3 is 18.8 Å². The molecule has 7 heteroatoms. The van der Waals surface area contributed by atoms with Gasteiger partial charge in [-0.3, -0.25) is 4.79 Å². The summed E-state index contributed by atoms with van der Waals surface area (Å²) in [7, 11) is 1.61. The number of rotatable bonds is 7. The average Bonchev–Trinajstić information content (AvgIpc) is 3.26. The van der Waals surface area contributed by atoms with Gasteiger partial charge in [0.15, 0.2) is 12.5 Å². The standard InChI is InChI=1S/C24H25ClN2O4/c1-29-20-7-9-21(10-8-20)30-16-23(28)27-11-3-5-18(15-27)24-26-14-22(31-24)13-17-4-2-6-19(25)12-17/h2,4,6-10,12,14,18H,3,5,11,13,15-16H2,1H3. The van der Waals surface area contributed by atoms with Crippen LogP contribution in [0.3, 0.4) is 0 Å². The minimum absolute atomic E-state index is 0.00461. The summed E-state index contributed by atoms with van der Waals surface area (Å²) in [6.07, 6.45) is 4.26. The average molecular weight is 441 g/mol. The minimum Gasteiger partial charge on any atom is -0.497 e. The normalized spacial score (nSPS) is 16.2. The SMILES string of the molecule is COc1ccc(OCC(=O)N2CCCC(c3ncc(Cc4cccc(Cl)c4)o3)C2)cc1. The van der Waals surface area contributed by atoms with E-state index in [2.05, 4.69) is 4.98 Å². The Morgan fingerprint density at radius 2 is 2.03 bits per heavy atom. The van der Waals surface area contributed by atoms with Crippen molar-refractivity contribution in [2.75, 3.05) is 26.8 Å². The number of benzene rings is 2. The van der Waals surface area contributed by atoms with Gasteiger partial charge in [0.2, 0.25) is 0 Å². The van der Waals surface area contributed by atoms with Crippen molar-refractivity contribution in [3.8, 4) is 11.5 Å². The molecule has 31 heavy (non-hydrogen) atoms. The summed E-state index contributed by atoms with van der Waals surface area (Å²) in [6, 6.07) is 14.9. The molecule has 1 atom stereocenters. The van der Waals surface area contributed by atoms with Crippen LogP contribution in [-0.4, -0.2) is 42.6 Å². The number of ether oxygens (including phenoxy) is 2. The maximum absolute atomic E-state index is 12.7. The first-order valence-electron chi connectivity index (χ1n) is 10.3. The third-order valence-corrected chi connectivity index (χ3v) is 5.62. The second-order valence-corrected chi connectivity index (χ2v) is 8.05. The molecule has 1 aliphatic rings. The number of carbonyl (C=O) groups excluding carboxylic acids is 1. The van der Waals surface area contributed by atoms with Gasteiger partial charge >= 0.3 is 0 Å². The number of halogens is 1. The lowest BCUT2D eigenvalue weighted by atomic mass is 9.98. The van der Waals surface area contributed by atoms with Crippen molar-refractivity contribution in [3.63, 3.8) is 0 Å². The number of nitrogens with zero attached hydrogens (tertiary/aromatic N) is 2. The summed E-state index contributed by atoms with van der Waals surface area (Å²) in [5.41, 5.74) is 1.08. The molecule has 1 amide bonds. The number of amides is 1. The minimum atomic E-state index is -0.0359. The van der Waals surface area contributed by atoms with E-state index in [1.165, 1.54) is 0 Å². The number of piperidine rings is 1. The number of carbonyl (C=O) groups is 1. The molecule has 1 aromatic heterocycles. The maximum Gasteiger partial charge on any atom is 0.260 e. The van der Waals surface area contributed by atoms with Crippen LogP contribution in [0.25, 0.3) is 0 Å². The van der Waals surface area contributed by atoms with Crippen molar-refractivity contribution < 1.29 is 18.7 Å². The lowest BCUT2D eigenvalue weighted by Crippen LogP contribution is -2.41. The molecule has 6 nitrogen and oxygen atoms in total. The number of hydrogen-bond donors (Lipinski definition) is 0. The molecular weight excluding hydrogens is 416 g/mol. The molecule has 4 rings (SSSR count). The number of likely N-dealkylation sites (tertiary alicyclic amines) is 1. The van der Waals surface area contributed by atoms with Crippen molar-refractivity contribution >= 4 is 17.5 Å². The lowest BCUT2D eigenvalue weighted by molar-refractivity contribution is -0.134. The van der Waals surface area contributed by atoms with Gasteiger partial charge in [-0.15, -0.1) is 0 Å². The molecule has 0 bridgehead atoms. The Labute approximate surface area is 186 Å². The van der Waals surface area contributed by atoms with Crippen LogP contribution in [0.1, 0.15) is 36.0 Å². The number of aromatic nitrogens is 1. The van der Waals surface area contributed by atoms with Crippen molar-refractivity contribution in [3.05, 3.63) is 77.0 Å². The summed E-state index contributed by atoms with van der Waals surface area (Å²) in [5, 5.41) is 0.704. The number of methoxy groups -OCH3 is 1. The highest BCUT2D eigenvalue weighted by Crippen LogP contribution is 2.28. The molecular formula is C24H25ClN2O4. The fourth-order valence-corrected chi connectivity index (χ4v) is 3.97. The molecule has 162 valence electrons. The maximum atomic E-state index is 12.7.